The molecule has 0 bridgehead atoms. The summed E-state index contributed by atoms with van der Waals surface area (Å²) in [6.07, 6.45) is 0. The van der Waals surface area contributed by atoms with E-state index in [2.05, 4.69) is 15.2 Å². The lowest BCUT2D eigenvalue weighted by molar-refractivity contribution is 0.171. The Balaban J connectivity index is 1.71. The van der Waals surface area contributed by atoms with Crippen LogP contribution >= 0.6 is 0 Å². The van der Waals surface area contributed by atoms with E-state index in [0.717, 1.165) is 5.56 Å². The third-order valence-electron chi connectivity index (χ3n) is 3.85. The first-order valence-corrected chi connectivity index (χ1v) is 7.47. The van der Waals surface area contributed by atoms with Crippen molar-refractivity contribution in [2.24, 2.45) is 0 Å². The first kappa shape index (κ1) is 15.1. The number of H-pyrrole nitrogens is 1. The van der Waals surface area contributed by atoms with Gasteiger partial charge in [-0.05, 0) is 30.3 Å². The summed E-state index contributed by atoms with van der Waals surface area (Å²) in [4.78, 5) is 4.48. The molecule has 0 atom stereocenters. The molecule has 128 valence electrons. The van der Waals surface area contributed by atoms with Gasteiger partial charge in [-0.2, -0.15) is 5.10 Å². The Kier molecular flexibility index (Phi) is 3.57. The second kappa shape index (κ2) is 5.90. The van der Waals surface area contributed by atoms with Crippen LogP contribution in [0.5, 0.6) is 28.7 Å². The van der Waals surface area contributed by atoms with Crippen molar-refractivity contribution < 1.29 is 24.1 Å². The number of hydrogen-bond donors (Lipinski definition) is 2. The Hall–Kier alpha value is -3.42. The van der Waals surface area contributed by atoms with Crippen LogP contribution < -0.4 is 18.9 Å². The van der Waals surface area contributed by atoms with Crippen LogP contribution in [0.2, 0.25) is 0 Å². The number of nitrogens with one attached hydrogen (secondary N) is 1. The number of nitrogens with zero attached hydrogens (tertiary/aromatic N) is 2. The highest BCUT2D eigenvalue weighted by atomic mass is 16.7. The summed E-state index contributed by atoms with van der Waals surface area (Å²) < 4.78 is 21.2. The fourth-order valence-corrected chi connectivity index (χ4v) is 2.62. The average molecular weight is 341 g/mol. The molecule has 2 aromatic carbocycles. The Labute approximate surface area is 142 Å². The van der Waals surface area contributed by atoms with Crippen molar-refractivity contribution >= 4 is 0 Å². The van der Waals surface area contributed by atoms with Crippen molar-refractivity contribution in [1.29, 1.82) is 0 Å². The molecule has 2 N–H and O–H groups in total. The van der Waals surface area contributed by atoms with Crippen LogP contribution in [0, 0.1) is 0 Å². The molecule has 0 fully saturated rings. The average Bonchev–Trinajstić information content (AvgIpc) is 3.30. The van der Waals surface area contributed by atoms with Crippen molar-refractivity contribution in [1.82, 2.24) is 15.2 Å². The maximum atomic E-state index is 9.92. The molecule has 0 unspecified atom stereocenters. The first-order valence-electron chi connectivity index (χ1n) is 7.47. The molecule has 8 heteroatoms. The molecule has 4 rings (SSSR count). The van der Waals surface area contributed by atoms with E-state index in [-0.39, 0.29) is 12.5 Å². The lowest BCUT2D eigenvalue weighted by atomic mass is 10.1. The third kappa shape index (κ3) is 2.57. The van der Waals surface area contributed by atoms with Gasteiger partial charge in [-0.3, -0.25) is 5.10 Å². The number of benzene rings is 2. The highest BCUT2D eigenvalue weighted by Gasteiger charge is 2.22. The topological polar surface area (TPSA) is 98.7 Å². The van der Waals surface area contributed by atoms with E-state index in [1.807, 2.05) is 0 Å². The number of aromatic amines is 1. The molecule has 1 aromatic heterocycles. The van der Waals surface area contributed by atoms with Crippen molar-refractivity contribution in [2.75, 3.05) is 21.0 Å². The third-order valence-corrected chi connectivity index (χ3v) is 3.85. The number of methoxy groups -OCH3 is 2. The number of aromatic nitrogens is 3. The number of phenols is 1. The molecule has 0 saturated heterocycles. The Morgan fingerprint density at radius 3 is 2.64 bits per heavy atom. The summed E-state index contributed by atoms with van der Waals surface area (Å²) >= 11 is 0. The van der Waals surface area contributed by atoms with Crippen molar-refractivity contribution in [2.45, 2.75) is 0 Å². The van der Waals surface area contributed by atoms with Gasteiger partial charge in [0.05, 0.1) is 14.2 Å². The summed E-state index contributed by atoms with van der Waals surface area (Å²) in [5.41, 5.74) is 1.41. The minimum atomic E-state index is 0.0303. The SMILES string of the molecule is COc1ccc(-c2nc(-c3cc(OC)c4c(c3)OCO4)n[nH]2)cc1O. The van der Waals surface area contributed by atoms with Crippen LogP contribution in [0.3, 0.4) is 0 Å². The van der Waals surface area contributed by atoms with E-state index >= 15 is 0 Å². The van der Waals surface area contributed by atoms with Gasteiger partial charge in [0.1, 0.15) is 0 Å². The van der Waals surface area contributed by atoms with Crippen molar-refractivity contribution in [3.8, 4) is 51.5 Å². The molecular weight excluding hydrogens is 326 g/mol. The standard InChI is InChI=1S/C17H15N3O5/c1-22-12-4-3-9(5-11(12)21)16-18-17(20-19-16)10-6-13(23-2)15-14(7-10)24-8-25-15/h3-7,21H,8H2,1-2H3,(H,18,19,20). The Morgan fingerprint density at radius 1 is 1.04 bits per heavy atom. The molecule has 0 saturated carbocycles. The molecular formula is C17H15N3O5. The van der Waals surface area contributed by atoms with Gasteiger partial charge in [0, 0.05) is 11.1 Å². The van der Waals surface area contributed by atoms with Gasteiger partial charge in [-0.1, -0.05) is 0 Å². The lowest BCUT2D eigenvalue weighted by Crippen LogP contribution is -1.93. The molecule has 25 heavy (non-hydrogen) atoms. The minimum Gasteiger partial charge on any atom is -0.504 e. The molecule has 8 nitrogen and oxygen atoms in total. The fraction of sp³-hybridized carbons (Fsp3) is 0.176. The molecule has 0 amide bonds. The van der Waals surface area contributed by atoms with E-state index < -0.39 is 0 Å². The molecule has 0 aliphatic carbocycles. The summed E-state index contributed by atoms with van der Waals surface area (Å²) in [7, 11) is 3.05. The van der Waals surface area contributed by atoms with E-state index in [1.54, 1.807) is 37.4 Å². The minimum absolute atomic E-state index is 0.0303. The normalized spacial score (nSPS) is 12.2. The zero-order chi connectivity index (χ0) is 17.4. The zero-order valence-electron chi connectivity index (χ0n) is 13.6. The molecule has 2 heterocycles. The second-order valence-electron chi connectivity index (χ2n) is 5.31. The van der Waals surface area contributed by atoms with Crippen molar-refractivity contribution in [3.63, 3.8) is 0 Å². The number of phenolic OH excluding ortho intramolecular Hbond substituents is 1. The summed E-state index contributed by atoms with van der Waals surface area (Å²) in [6.45, 7) is 0.152. The summed E-state index contributed by atoms with van der Waals surface area (Å²) in [5, 5.41) is 17.0. The van der Waals surface area contributed by atoms with Crippen molar-refractivity contribution in [3.05, 3.63) is 30.3 Å². The molecule has 1 aliphatic rings. The van der Waals surface area contributed by atoms with Crippen LogP contribution in [-0.2, 0) is 0 Å². The summed E-state index contributed by atoms with van der Waals surface area (Å²) in [6, 6.07) is 8.58. The van der Waals surface area contributed by atoms with Gasteiger partial charge >= 0.3 is 0 Å². The van der Waals surface area contributed by atoms with Gasteiger partial charge < -0.3 is 24.1 Å². The zero-order valence-corrected chi connectivity index (χ0v) is 13.6. The van der Waals surface area contributed by atoms with Crippen LogP contribution in [0.4, 0.5) is 0 Å². The predicted molar refractivity (Wildman–Crippen MR) is 88.1 cm³/mol. The number of fused-ring (bicyclic) bond motifs is 1. The van der Waals surface area contributed by atoms with E-state index in [9.17, 15) is 5.11 Å². The van der Waals surface area contributed by atoms with E-state index in [4.69, 9.17) is 18.9 Å². The predicted octanol–water partition coefficient (Wildman–Crippen LogP) is 2.59. The van der Waals surface area contributed by atoms with Gasteiger partial charge in [0.2, 0.25) is 12.5 Å². The Morgan fingerprint density at radius 2 is 1.88 bits per heavy atom. The van der Waals surface area contributed by atoms with Gasteiger partial charge in [0.15, 0.2) is 34.6 Å². The van der Waals surface area contributed by atoms with E-state index in [1.165, 1.54) is 7.11 Å². The molecule has 1 aliphatic heterocycles. The number of ether oxygens (including phenoxy) is 4. The maximum absolute atomic E-state index is 9.92. The maximum Gasteiger partial charge on any atom is 0.231 e. The lowest BCUT2D eigenvalue weighted by Gasteiger charge is -2.06. The largest absolute Gasteiger partial charge is 0.504 e. The number of rotatable bonds is 4. The highest BCUT2D eigenvalue weighted by Crippen LogP contribution is 2.43. The Bertz CT molecular complexity index is 938. The fourth-order valence-electron chi connectivity index (χ4n) is 2.62. The smallest absolute Gasteiger partial charge is 0.231 e. The van der Waals surface area contributed by atoms with Gasteiger partial charge in [-0.15, -0.1) is 0 Å². The first-order chi connectivity index (χ1) is 12.2. The summed E-state index contributed by atoms with van der Waals surface area (Å²) in [5.74, 6) is 3.13. The van der Waals surface area contributed by atoms with Gasteiger partial charge in [0.25, 0.3) is 0 Å². The quantitative estimate of drug-likeness (QED) is 0.752. The van der Waals surface area contributed by atoms with E-state index in [0.29, 0.717) is 40.2 Å². The molecule has 0 spiro atoms. The van der Waals surface area contributed by atoms with Gasteiger partial charge in [-0.25, -0.2) is 4.98 Å². The monoisotopic (exact) mass is 341 g/mol. The molecule has 3 aromatic rings. The second-order valence-corrected chi connectivity index (χ2v) is 5.31. The van der Waals surface area contributed by atoms with Crippen LogP contribution in [0.15, 0.2) is 30.3 Å². The highest BCUT2D eigenvalue weighted by molar-refractivity contribution is 5.69. The number of aromatic hydroxyl groups is 1. The number of hydrogen-bond acceptors (Lipinski definition) is 7. The van der Waals surface area contributed by atoms with Crippen LogP contribution in [0.1, 0.15) is 0 Å². The van der Waals surface area contributed by atoms with Crippen LogP contribution in [-0.4, -0.2) is 41.3 Å². The molecule has 0 radical (unpaired) electrons. The van der Waals surface area contributed by atoms with Crippen LogP contribution in [0.25, 0.3) is 22.8 Å².